The normalized spacial score (nSPS) is 18.6. The highest BCUT2D eigenvalue weighted by Gasteiger charge is 2.23. The number of aliphatic carboxylic acids is 1. The van der Waals surface area contributed by atoms with Gasteiger partial charge in [-0.2, -0.15) is 0 Å². The molecule has 0 aromatic carbocycles. The number of aromatic nitrogens is 1. The predicted octanol–water partition coefficient (Wildman–Crippen LogP) is 2.29. The van der Waals surface area contributed by atoms with Crippen molar-refractivity contribution in [3.63, 3.8) is 0 Å². The van der Waals surface area contributed by atoms with Crippen LogP contribution in [-0.2, 0) is 24.2 Å². The summed E-state index contributed by atoms with van der Waals surface area (Å²) in [6.45, 7) is 2.75. The van der Waals surface area contributed by atoms with Crippen LogP contribution < -0.4 is 4.87 Å². The second-order valence-corrected chi connectivity index (χ2v) is 5.95. The van der Waals surface area contributed by atoms with Crippen molar-refractivity contribution in [1.29, 1.82) is 0 Å². The van der Waals surface area contributed by atoms with Gasteiger partial charge in [-0.3, -0.25) is 9.59 Å². The highest BCUT2D eigenvalue weighted by molar-refractivity contribution is 7.09. The fourth-order valence-corrected chi connectivity index (χ4v) is 3.75. The van der Waals surface area contributed by atoms with E-state index in [1.54, 1.807) is 4.57 Å². The molecule has 0 radical (unpaired) electrons. The molecule has 0 aliphatic heterocycles. The Morgan fingerprint density at radius 3 is 3.00 bits per heavy atom. The van der Waals surface area contributed by atoms with E-state index in [1.165, 1.54) is 28.3 Å². The van der Waals surface area contributed by atoms with E-state index in [2.05, 4.69) is 6.92 Å². The first-order valence-electron chi connectivity index (χ1n) is 6.55. The quantitative estimate of drug-likeness (QED) is 0.892. The molecule has 1 aliphatic carbocycles. The smallest absolute Gasteiger partial charge is 0.307 e. The lowest BCUT2D eigenvalue weighted by Crippen LogP contribution is -2.20. The number of carboxylic acids is 1. The SMILES string of the molecule is CCC1CCc2c(sc(=O)n2CCCC(=O)O)C1. The van der Waals surface area contributed by atoms with E-state index in [9.17, 15) is 9.59 Å². The minimum absolute atomic E-state index is 0.0853. The maximum absolute atomic E-state index is 11.9. The van der Waals surface area contributed by atoms with E-state index in [4.69, 9.17) is 5.11 Å². The lowest BCUT2D eigenvalue weighted by atomic mass is 9.89. The van der Waals surface area contributed by atoms with E-state index in [0.717, 1.165) is 19.3 Å². The standard InChI is InChI=1S/C13H19NO3S/c1-2-9-5-6-10-11(8-9)18-13(17)14(10)7-3-4-12(15)16/h9H,2-8H2,1H3,(H,15,16). The van der Waals surface area contributed by atoms with Crippen molar-refractivity contribution in [2.45, 2.75) is 52.0 Å². The Hall–Kier alpha value is -1.10. The van der Waals surface area contributed by atoms with E-state index in [0.29, 0.717) is 18.9 Å². The van der Waals surface area contributed by atoms with Gasteiger partial charge in [0.25, 0.3) is 0 Å². The number of thiazole rings is 1. The zero-order valence-electron chi connectivity index (χ0n) is 10.6. The summed E-state index contributed by atoms with van der Waals surface area (Å²) < 4.78 is 1.80. The average Bonchev–Trinajstić information content (AvgIpc) is 2.64. The number of carbonyl (C=O) groups is 1. The molecule has 18 heavy (non-hydrogen) atoms. The molecule has 0 fully saturated rings. The zero-order chi connectivity index (χ0) is 13.1. The van der Waals surface area contributed by atoms with Crippen LogP contribution in [0.4, 0.5) is 0 Å². The van der Waals surface area contributed by atoms with Crippen LogP contribution in [0, 0.1) is 5.92 Å². The fraction of sp³-hybridized carbons (Fsp3) is 0.692. The number of hydrogen-bond donors (Lipinski definition) is 1. The molecule has 0 bridgehead atoms. The van der Waals surface area contributed by atoms with Gasteiger partial charge in [-0.1, -0.05) is 24.7 Å². The Bertz CT molecular complexity index is 489. The van der Waals surface area contributed by atoms with Crippen LogP contribution in [0.3, 0.4) is 0 Å². The molecule has 4 nitrogen and oxygen atoms in total. The summed E-state index contributed by atoms with van der Waals surface area (Å²) in [5.74, 6) is -0.0822. The van der Waals surface area contributed by atoms with Crippen LogP contribution in [0.5, 0.6) is 0 Å². The van der Waals surface area contributed by atoms with Gasteiger partial charge in [0.15, 0.2) is 0 Å². The Morgan fingerprint density at radius 2 is 2.33 bits per heavy atom. The summed E-state index contributed by atoms with van der Waals surface area (Å²) >= 11 is 1.35. The molecule has 0 saturated carbocycles. The minimum Gasteiger partial charge on any atom is -0.481 e. The molecule has 0 saturated heterocycles. The predicted molar refractivity (Wildman–Crippen MR) is 71.3 cm³/mol. The first kappa shape index (κ1) is 13.3. The largest absolute Gasteiger partial charge is 0.481 e. The van der Waals surface area contributed by atoms with Crippen LogP contribution in [0.25, 0.3) is 0 Å². The van der Waals surface area contributed by atoms with Crippen molar-refractivity contribution in [2.24, 2.45) is 5.92 Å². The lowest BCUT2D eigenvalue weighted by molar-refractivity contribution is -0.137. The Labute approximate surface area is 110 Å². The molecule has 2 rings (SSSR count). The molecular formula is C13H19NO3S. The molecule has 1 N–H and O–H groups in total. The molecular weight excluding hydrogens is 250 g/mol. The third-order valence-corrected chi connectivity index (χ3v) is 4.74. The van der Waals surface area contributed by atoms with Crippen LogP contribution in [0.1, 0.15) is 43.2 Å². The Balaban J connectivity index is 2.10. The molecule has 1 aromatic heterocycles. The van der Waals surface area contributed by atoms with Gasteiger partial charge in [-0.25, -0.2) is 0 Å². The molecule has 1 atom stereocenters. The third kappa shape index (κ3) is 2.83. The highest BCUT2D eigenvalue weighted by Crippen LogP contribution is 2.29. The molecule has 1 aromatic rings. The van der Waals surface area contributed by atoms with Gasteiger partial charge >= 0.3 is 10.8 Å². The summed E-state index contributed by atoms with van der Waals surface area (Å²) in [6.07, 6.45) is 4.99. The molecule has 0 spiro atoms. The second kappa shape index (κ2) is 5.69. The van der Waals surface area contributed by atoms with Gasteiger partial charge in [0.1, 0.15) is 0 Å². The van der Waals surface area contributed by atoms with Crippen LogP contribution in [-0.4, -0.2) is 15.6 Å². The van der Waals surface area contributed by atoms with Gasteiger partial charge in [0.05, 0.1) is 0 Å². The van der Waals surface area contributed by atoms with Crippen LogP contribution in [0.15, 0.2) is 4.79 Å². The zero-order valence-corrected chi connectivity index (χ0v) is 11.5. The van der Waals surface area contributed by atoms with Crippen molar-refractivity contribution in [3.8, 4) is 0 Å². The van der Waals surface area contributed by atoms with Crippen molar-refractivity contribution >= 4 is 17.3 Å². The van der Waals surface area contributed by atoms with E-state index >= 15 is 0 Å². The topological polar surface area (TPSA) is 59.3 Å². The lowest BCUT2D eigenvalue weighted by Gasteiger charge is -2.21. The Kier molecular flexibility index (Phi) is 4.22. The third-order valence-electron chi connectivity index (χ3n) is 3.69. The van der Waals surface area contributed by atoms with Gasteiger partial charge in [-0.05, 0) is 31.6 Å². The van der Waals surface area contributed by atoms with Crippen molar-refractivity contribution in [2.75, 3.05) is 0 Å². The van der Waals surface area contributed by atoms with Crippen molar-refractivity contribution < 1.29 is 9.90 Å². The van der Waals surface area contributed by atoms with Crippen LogP contribution >= 0.6 is 11.3 Å². The summed E-state index contributed by atoms with van der Waals surface area (Å²) in [7, 11) is 0. The molecule has 0 amide bonds. The minimum atomic E-state index is -0.793. The maximum atomic E-state index is 11.9. The maximum Gasteiger partial charge on any atom is 0.307 e. The average molecular weight is 269 g/mol. The highest BCUT2D eigenvalue weighted by atomic mass is 32.1. The molecule has 5 heteroatoms. The van der Waals surface area contributed by atoms with E-state index < -0.39 is 5.97 Å². The molecule has 1 unspecified atom stereocenters. The van der Waals surface area contributed by atoms with E-state index in [-0.39, 0.29) is 11.3 Å². The van der Waals surface area contributed by atoms with Crippen LogP contribution in [0.2, 0.25) is 0 Å². The Morgan fingerprint density at radius 1 is 1.56 bits per heavy atom. The fourth-order valence-electron chi connectivity index (χ4n) is 2.58. The number of nitrogens with zero attached hydrogens (tertiary/aromatic N) is 1. The first-order chi connectivity index (χ1) is 8.61. The van der Waals surface area contributed by atoms with Gasteiger partial charge in [0, 0.05) is 23.5 Å². The molecule has 1 heterocycles. The number of carboxylic acid groups (broad SMARTS) is 1. The van der Waals surface area contributed by atoms with Crippen molar-refractivity contribution in [3.05, 3.63) is 20.2 Å². The van der Waals surface area contributed by atoms with Gasteiger partial charge in [-0.15, -0.1) is 0 Å². The summed E-state index contributed by atoms with van der Waals surface area (Å²) in [5.41, 5.74) is 1.17. The first-order valence-corrected chi connectivity index (χ1v) is 7.36. The summed E-state index contributed by atoms with van der Waals surface area (Å²) in [5, 5.41) is 8.63. The second-order valence-electron chi connectivity index (χ2n) is 4.90. The van der Waals surface area contributed by atoms with Crippen molar-refractivity contribution in [1.82, 2.24) is 4.57 Å². The van der Waals surface area contributed by atoms with Gasteiger partial charge in [0.2, 0.25) is 0 Å². The summed E-state index contributed by atoms with van der Waals surface area (Å²) in [4.78, 5) is 23.7. The number of rotatable bonds is 5. The molecule has 1 aliphatic rings. The monoisotopic (exact) mass is 269 g/mol. The molecule has 100 valence electrons. The number of fused-ring (bicyclic) bond motifs is 1. The summed E-state index contributed by atoms with van der Waals surface area (Å²) in [6, 6.07) is 0. The van der Waals surface area contributed by atoms with Gasteiger partial charge < -0.3 is 9.67 Å². The van der Waals surface area contributed by atoms with E-state index in [1.807, 2.05) is 0 Å². The number of hydrogen-bond acceptors (Lipinski definition) is 3.